The highest BCUT2D eigenvalue weighted by molar-refractivity contribution is 8.00. The maximum atomic E-state index is 13.8. The Labute approximate surface area is 267 Å². The van der Waals surface area contributed by atoms with Crippen molar-refractivity contribution in [3.63, 3.8) is 0 Å². The molecule has 4 aromatic carbocycles. The molecule has 1 heterocycles. The number of rotatable bonds is 10. The standard InChI is InChI=1S/C34H28N4O7S/c1-20-28(32(41)38(37(20)2)24-11-7-4-8-12-24)36-31(40)29(21-9-5-3-6-10-21)46-25-16-14-23(15-17-25)35-30(39)26-18-13-22(33(42)43)19-27(26)34(44)45/h3-19,29H,1-2H3,(H,35,39)(H,36,40)(H,42,43)(H,44,45). The highest BCUT2D eigenvalue weighted by Gasteiger charge is 2.26. The summed E-state index contributed by atoms with van der Waals surface area (Å²) in [6.45, 7) is 1.76. The van der Waals surface area contributed by atoms with Gasteiger partial charge in [-0.15, -0.1) is 11.8 Å². The Balaban J connectivity index is 1.37. The van der Waals surface area contributed by atoms with Crippen molar-refractivity contribution in [3.05, 3.63) is 141 Å². The molecule has 0 aliphatic carbocycles. The molecule has 11 nitrogen and oxygen atoms in total. The average Bonchev–Trinajstić information content (AvgIpc) is 3.27. The number of amides is 2. The maximum absolute atomic E-state index is 13.8. The van der Waals surface area contributed by atoms with E-state index in [1.165, 1.54) is 16.4 Å². The zero-order valence-corrected chi connectivity index (χ0v) is 25.4. The zero-order chi connectivity index (χ0) is 33.0. The molecule has 1 atom stereocenters. The van der Waals surface area contributed by atoms with Crippen LogP contribution in [-0.4, -0.2) is 43.3 Å². The van der Waals surface area contributed by atoms with E-state index in [4.69, 9.17) is 5.11 Å². The molecular formula is C34H28N4O7S. The summed E-state index contributed by atoms with van der Waals surface area (Å²) in [5.74, 6) is -3.87. The monoisotopic (exact) mass is 636 g/mol. The summed E-state index contributed by atoms with van der Waals surface area (Å²) >= 11 is 1.25. The molecule has 5 aromatic rings. The van der Waals surface area contributed by atoms with Gasteiger partial charge in [0.2, 0.25) is 5.91 Å². The maximum Gasteiger partial charge on any atom is 0.336 e. The highest BCUT2D eigenvalue weighted by atomic mass is 32.2. The third kappa shape index (κ3) is 6.61. The number of hydrogen-bond acceptors (Lipinski definition) is 6. The summed E-state index contributed by atoms with van der Waals surface area (Å²) in [5.41, 5.74) is 1.24. The van der Waals surface area contributed by atoms with Crippen LogP contribution in [0, 0.1) is 6.92 Å². The first-order valence-corrected chi connectivity index (χ1v) is 14.8. The molecule has 0 aliphatic heterocycles. The minimum Gasteiger partial charge on any atom is -0.478 e. The first kappa shape index (κ1) is 31.5. The molecule has 232 valence electrons. The van der Waals surface area contributed by atoms with Gasteiger partial charge in [-0.25, -0.2) is 14.3 Å². The quantitative estimate of drug-likeness (QED) is 0.144. The van der Waals surface area contributed by atoms with Crippen molar-refractivity contribution in [2.75, 3.05) is 10.6 Å². The molecule has 5 rings (SSSR count). The van der Waals surface area contributed by atoms with Crippen molar-refractivity contribution < 1.29 is 29.4 Å². The molecule has 12 heteroatoms. The second-order valence-electron chi connectivity index (χ2n) is 10.2. The first-order valence-electron chi connectivity index (χ1n) is 13.9. The summed E-state index contributed by atoms with van der Waals surface area (Å²) in [7, 11) is 1.75. The summed E-state index contributed by atoms with van der Waals surface area (Å²) in [6.07, 6.45) is 0. The van der Waals surface area contributed by atoms with Gasteiger partial charge in [0.15, 0.2) is 0 Å². The summed E-state index contributed by atoms with van der Waals surface area (Å²) in [5, 5.41) is 23.4. The average molecular weight is 637 g/mol. The number of para-hydroxylation sites is 1. The minimum absolute atomic E-state index is 0.174. The van der Waals surface area contributed by atoms with Gasteiger partial charge >= 0.3 is 11.9 Å². The van der Waals surface area contributed by atoms with Crippen molar-refractivity contribution in [2.45, 2.75) is 17.1 Å². The molecule has 0 saturated heterocycles. The minimum atomic E-state index is -1.44. The van der Waals surface area contributed by atoms with Gasteiger partial charge in [-0.1, -0.05) is 48.5 Å². The Morgan fingerprint density at radius 2 is 1.39 bits per heavy atom. The normalized spacial score (nSPS) is 11.4. The van der Waals surface area contributed by atoms with Crippen LogP contribution in [0.25, 0.3) is 5.69 Å². The fourth-order valence-corrected chi connectivity index (χ4v) is 5.83. The third-order valence-corrected chi connectivity index (χ3v) is 8.52. The van der Waals surface area contributed by atoms with Crippen molar-refractivity contribution in [1.29, 1.82) is 0 Å². The fourth-order valence-electron chi connectivity index (χ4n) is 4.81. The number of nitrogens with one attached hydrogen (secondary N) is 2. The number of benzene rings is 4. The van der Waals surface area contributed by atoms with Crippen LogP contribution in [0.3, 0.4) is 0 Å². The third-order valence-electron chi connectivity index (χ3n) is 7.25. The van der Waals surface area contributed by atoms with Crippen LogP contribution in [0.1, 0.15) is 47.6 Å². The number of hydrogen-bond donors (Lipinski definition) is 4. The second-order valence-corrected chi connectivity index (χ2v) is 11.4. The number of aromatic nitrogens is 2. The van der Waals surface area contributed by atoms with E-state index in [1.54, 1.807) is 55.1 Å². The molecule has 2 amide bonds. The van der Waals surface area contributed by atoms with Crippen LogP contribution in [0.4, 0.5) is 11.4 Å². The van der Waals surface area contributed by atoms with Gasteiger partial charge in [-0.05, 0) is 67.1 Å². The van der Waals surface area contributed by atoms with Crippen LogP contribution in [-0.2, 0) is 11.8 Å². The van der Waals surface area contributed by atoms with Crippen LogP contribution in [0.5, 0.6) is 0 Å². The molecule has 0 aliphatic rings. The van der Waals surface area contributed by atoms with Crippen molar-refractivity contribution >= 4 is 46.9 Å². The molecule has 0 spiro atoms. The van der Waals surface area contributed by atoms with Crippen LogP contribution < -0.4 is 16.2 Å². The largest absolute Gasteiger partial charge is 0.478 e. The summed E-state index contributed by atoms with van der Waals surface area (Å²) in [4.78, 5) is 63.7. The number of carboxylic acids is 2. The number of carbonyl (C=O) groups excluding carboxylic acids is 2. The van der Waals surface area contributed by atoms with Crippen LogP contribution in [0.2, 0.25) is 0 Å². The SMILES string of the molecule is Cc1c(NC(=O)C(Sc2ccc(NC(=O)c3ccc(C(=O)O)cc3C(=O)O)cc2)c2ccccc2)c(=O)n(-c2ccccc2)n1C. The summed E-state index contributed by atoms with van der Waals surface area (Å²) < 4.78 is 3.17. The Bertz CT molecular complexity index is 2000. The van der Waals surface area contributed by atoms with Crippen molar-refractivity contribution in [3.8, 4) is 5.69 Å². The van der Waals surface area contributed by atoms with Gasteiger partial charge in [0.25, 0.3) is 11.5 Å². The number of aromatic carboxylic acids is 2. The lowest BCUT2D eigenvalue weighted by molar-refractivity contribution is -0.115. The van der Waals surface area contributed by atoms with E-state index in [9.17, 15) is 29.1 Å². The number of thioether (sulfide) groups is 1. The Hall–Kier alpha value is -5.88. The molecule has 0 saturated carbocycles. The lowest BCUT2D eigenvalue weighted by Crippen LogP contribution is -2.25. The number of nitrogens with zero attached hydrogens (tertiary/aromatic N) is 2. The Kier molecular flexibility index (Phi) is 9.19. The van der Waals surface area contributed by atoms with Crippen LogP contribution in [0.15, 0.2) is 113 Å². The van der Waals surface area contributed by atoms with E-state index in [1.807, 2.05) is 48.5 Å². The number of carbonyl (C=O) groups is 4. The van der Waals surface area contributed by atoms with E-state index in [0.29, 0.717) is 27.5 Å². The van der Waals surface area contributed by atoms with Gasteiger partial charge in [-0.3, -0.25) is 19.1 Å². The fraction of sp³-hybridized carbons (Fsp3) is 0.0882. The van der Waals surface area contributed by atoms with Gasteiger partial charge in [0.1, 0.15) is 10.9 Å². The topological polar surface area (TPSA) is 160 Å². The second kappa shape index (κ2) is 13.4. The predicted molar refractivity (Wildman–Crippen MR) is 174 cm³/mol. The van der Waals surface area contributed by atoms with Crippen molar-refractivity contribution in [2.24, 2.45) is 7.05 Å². The number of carboxylic acid groups (broad SMARTS) is 2. The van der Waals surface area contributed by atoms with E-state index >= 15 is 0 Å². The van der Waals surface area contributed by atoms with Gasteiger partial charge in [-0.2, -0.15) is 0 Å². The van der Waals surface area contributed by atoms with Gasteiger partial charge in [0, 0.05) is 17.6 Å². The first-order chi connectivity index (χ1) is 22.0. The lowest BCUT2D eigenvalue weighted by atomic mass is 10.0. The highest BCUT2D eigenvalue weighted by Crippen LogP contribution is 2.37. The van der Waals surface area contributed by atoms with Crippen molar-refractivity contribution in [1.82, 2.24) is 9.36 Å². The molecule has 46 heavy (non-hydrogen) atoms. The zero-order valence-electron chi connectivity index (χ0n) is 24.6. The van der Waals surface area contributed by atoms with Gasteiger partial charge < -0.3 is 20.8 Å². The van der Waals surface area contributed by atoms with E-state index in [2.05, 4.69) is 10.6 Å². The van der Waals surface area contributed by atoms with E-state index in [-0.39, 0.29) is 22.4 Å². The predicted octanol–water partition coefficient (Wildman–Crippen LogP) is 5.61. The van der Waals surface area contributed by atoms with Gasteiger partial charge in [0.05, 0.1) is 28.1 Å². The molecule has 4 N–H and O–H groups in total. The Morgan fingerprint density at radius 3 is 2.00 bits per heavy atom. The van der Waals surface area contributed by atoms with Crippen LogP contribution >= 0.6 is 11.8 Å². The van der Waals surface area contributed by atoms with E-state index in [0.717, 1.165) is 18.2 Å². The molecule has 0 radical (unpaired) electrons. The smallest absolute Gasteiger partial charge is 0.336 e. The molecule has 1 unspecified atom stereocenters. The molecule has 0 bridgehead atoms. The molecule has 1 aromatic heterocycles. The molecular weight excluding hydrogens is 608 g/mol. The molecule has 0 fully saturated rings. The lowest BCUT2D eigenvalue weighted by Gasteiger charge is -2.17. The Morgan fingerprint density at radius 1 is 0.761 bits per heavy atom. The number of anilines is 2. The summed E-state index contributed by atoms with van der Waals surface area (Å²) in [6, 6.07) is 28.1. The van der Waals surface area contributed by atoms with E-state index < -0.39 is 34.6 Å².